The summed E-state index contributed by atoms with van der Waals surface area (Å²) in [6, 6.07) is 0. The van der Waals surface area contributed by atoms with Gasteiger partial charge in [0.15, 0.2) is 0 Å². The molecule has 17 heavy (non-hydrogen) atoms. The van der Waals surface area contributed by atoms with Crippen LogP contribution in [0.25, 0.3) is 0 Å². The first kappa shape index (κ1) is 12.5. The second-order valence-electron chi connectivity index (χ2n) is 4.56. The van der Waals surface area contributed by atoms with E-state index in [0.717, 1.165) is 50.9 Å². The number of hydrogen-bond acceptors (Lipinski definition) is 5. The smallest absolute Gasteiger partial charge is 0.146 e. The molecule has 1 aliphatic rings. The van der Waals surface area contributed by atoms with Crippen molar-refractivity contribution in [3.63, 3.8) is 0 Å². The van der Waals surface area contributed by atoms with Crippen LogP contribution >= 0.6 is 0 Å². The minimum absolute atomic E-state index is 0.252. The molecule has 0 aliphatic carbocycles. The predicted molar refractivity (Wildman–Crippen MR) is 64.5 cm³/mol. The summed E-state index contributed by atoms with van der Waals surface area (Å²) in [7, 11) is 2.01. The number of β-amino-alcohol motifs (C(OH)–C–C–N with tert-alkyl or cyclic N) is 1. The van der Waals surface area contributed by atoms with E-state index < -0.39 is 0 Å². The van der Waals surface area contributed by atoms with Crippen LogP contribution in [0.3, 0.4) is 0 Å². The minimum Gasteiger partial charge on any atom is -0.395 e. The quantitative estimate of drug-likeness (QED) is 0.748. The summed E-state index contributed by atoms with van der Waals surface area (Å²) in [6.07, 6.45) is 0. The lowest BCUT2D eigenvalue weighted by molar-refractivity contribution is 0.106. The van der Waals surface area contributed by atoms with E-state index in [2.05, 4.69) is 20.0 Å². The van der Waals surface area contributed by atoms with Crippen LogP contribution in [0.1, 0.15) is 11.6 Å². The molecule has 0 spiro atoms. The monoisotopic (exact) mass is 239 g/mol. The third-order valence-corrected chi connectivity index (χ3v) is 3.43. The van der Waals surface area contributed by atoms with Crippen molar-refractivity contribution in [1.29, 1.82) is 0 Å². The topological polar surface area (TPSA) is 57.4 Å². The van der Waals surface area contributed by atoms with Crippen molar-refractivity contribution >= 4 is 0 Å². The van der Waals surface area contributed by atoms with Crippen LogP contribution in [0.15, 0.2) is 0 Å². The van der Waals surface area contributed by atoms with Crippen molar-refractivity contribution < 1.29 is 5.11 Å². The first-order valence-electron chi connectivity index (χ1n) is 6.11. The Bertz CT molecular complexity index is 357. The highest BCUT2D eigenvalue weighted by atomic mass is 16.3. The molecule has 1 aromatic heterocycles. The van der Waals surface area contributed by atoms with Gasteiger partial charge in [0, 0.05) is 39.8 Å². The molecule has 1 N–H and O–H groups in total. The Morgan fingerprint density at radius 2 is 1.76 bits per heavy atom. The van der Waals surface area contributed by atoms with Crippen molar-refractivity contribution in [2.75, 3.05) is 39.3 Å². The van der Waals surface area contributed by atoms with E-state index in [1.807, 2.05) is 18.5 Å². The Morgan fingerprint density at radius 3 is 2.29 bits per heavy atom. The second-order valence-corrected chi connectivity index (χ2v) is 4.56. The number of aromatic nitrogens is 3. The summed E-state index contributed by atoms with van der Waals surface area (Å²) >= 11 is 0. The highest BCUT2D eigenvalue weighted by Crippen LogP contribution is 2.07. The van der Waals surface area contributed by atoms with Crippen LogP contribution < -0.4 is 0 Å². The molecule has 0 amide bonds. The summed E-state index contributed by atoms with van der Waals surface area (Å²) in [4.78, 5) is 4.68. The van der Waals surface area contributed by atoms with Crippen molar-refractivity contribution in [2.24, 2.45) is 7.05 Å². The summed E-state index contributed by atoms with van der Waals surface area (Å²) in [5.41, 5.74) is 0. The first-order valence-corrected chi connectivity index (χ1v) is 6.11. The van der Waals surface area contributed by atoms with E-state index in [4.69, 9.17) is 5.11 Å². The lowest BCUT2D eigenvalue weighted by Gasteiger charge is -2.33. The number of rotatable bonds is 4. The normalized spacial score (nSPS) is 18.8. The maximum atomic E-state index is 8.88. The predicted octanol–water partition coefficient (Wildman–Crippen LogP) is -0.767. The Balaban J connectivity index is 1.84. The molecule has 96 valence electrons. The van der Waals surface area contributed by atoms with E-state index in [0.29, 0.717) is 0 Å². The maximum absolute atomic E-state index is 8.88. The van der Waals surface area contributed by atoms with E-state index in [1.54, 1.807) is 0 Å². The molecule has 0 bridgehead atoms. The maximum Gasteiger partial charge on any atom is 0.146 e. The van der Waals surface area contributed by atoms with Crippen molar-refractivity contribution in [3.05, 3.63) is 11.6 Å². The first-order chi connectivity index (χ1) is 8.20. The van der Waals surface area contributed by atoms with Crippen LogP contribution in [0, 0.1) is 6.92 Å². The van der Waals surface area contributed by atoms with Crippen molar-refractivity contribution in [3.8, 4) is 0 Å². The van der Waals surface area contributed by atoms with Gasteiger partial charge in [0.2, 0.25) is 0 Å². The number of hydrogen-bond donors (Lipinski definition) is 1. The van der Waals surface area contributed by atoms with Crippen molar-refractivity contribution in [2.45, 2.75) is 13.5 Å². The third-order valence-electron chi connectivity index (χ3n) is 3.43. The molecule has 1 aromatic rings. The lowest BCUT2D eigenvalue weighted by atomic mass is 10.3. The molecule has 1 fully saturated rings. The van der Waals surface area contributed by atoms with Gasteiger partial charge in [-0.2, -0.15) is 0 Å². The summed E-state index contributed by atoms with van der Waals surface area (Å²) in [5, 5.41) is 17.1. The molecule has 2 rings (SSSR count). The number of nitrogens with zero attached hydrogens (tertiary/aromatic N) is 5. The highest BCUT2D eigenvalue weighted by molar-refractivity contribution is 4.93. The Kier molecular flexibility index (Phi) is 4.09. The summed E-state index contributed by atoms with van der Waals surface area (Å²) in [6.45, 7) is 7.99. The Morgan fingerprint density at radius 1 is 1.12 bits per heavy atom. The van der Waals surface area contributed by atoms with Crippen LogP contribution in [-0.2, 0) is 13.6 Å². The minimum atomic E-state index is 0.252. The largest absolute Gasteiger partial charge is 0.395 e. The Labute approximate surface area is 102 Å². The van der Waals surface area contributed by atoms with Crippen LogP contribution in [0.4, 0.5) is 0 Å². The molecule has 0 aromatic carbocycles. The van der Waals surface area contributed by atoms with Crippen LogP contribution in [-0.4, -0.2) is 69.0 Å². The zero-order chi connectivity index (χ0) is 12.3. The van der Waals surface area contributed by atoms with Gasteiger partial charge in [0.1, 0.15) is 11.6 Å². The number of aryl methyl sites for hydroxylation is 1. The van der Waals surface area contributed by atoms with Gasteiger partial charge in [-0.1, -0.05) is 0 Å². The molecular formula is C11H21N5O. The second kappa shape index (κ2) is 5.57. The standard InChI is InChI=1S/C11H21N5O/c1-10-12-13-11(14(10)2)9-16-5-3-15(4-6-16)7-8-17/h17H,3-9H2,1-2H3. The molecule has 0 radical (unpaired) electrons. The average Bonchev–Trinajstić information content (AvgIpc) is 2.64. The fourth-order valence-corrected chi connectivity index (χ4v) is 2.10. The summed E-state index contributed by atoms with van der Waals surface area (Å²) in [5.74, 6) is 1.98. The van der Waals surface area contributed by atoms with Gasteiger partial charge in [-0.25, -0.2) is 0 Å². The van der Waals surface area contributed by atoms with Gasteiger partial charge in [-0.05, 0) is 6.92 Å². The van der Waals surface area contributed by atoms with Gasteiger partial charge in [-0.3, -0.25) is 9.80 Å². The number of aliphatic hydroxyl groups excluding tert-OH is 1. The van der Waals surface area contributed by atoms with Crippen LogP contribution in [0.5, 0.6) is 0 Å². The van der Waals surface area contributed by atoms with Gasteiger partial charge < -0.3 is 9.67 Å². The fourth-order valence-electron chi connectivity index (χ4n) is 2.10. The Hall–Kier alpha value is -0.980. The molecule has 1 saturated heterocycles. The fraction of sp³-hybridized carbons (Fsp3) is 0.818. The molecule has 0 unspecified atom stereocenters. The van der Waals surface area contributed by atoms with Gasteiger partial charge in [0.25, 0.3) is 0 Å². The van der Waals surface area contributed by atoms with Gasteiger partial charge in [0.05, 0.1) is 13.2 Å². The van der Waals surface area contributed by atoms with Crippen LogP contribution in [0.2, 0.25) is 0 Å². The zero-order valence-electron chi connectivity index (χ0n) is 10.6. The zero-order valence-corrected chi connectivity index (χ0v) is 10.6. The average molecular weight is 239 g/mol. The van der Waals surface area contributed by atoms with E-state index >= 15 is 0 Å². The third kappa shape index (κ3) is 3.02. The SMILES string of the molecule is Cc1nnc(CN2CCN(CCO)CC2)n1C. The lowest BCUT2D eigenvalue weighted by Crippen LogP contribution is -2.46. The van der Waals surface area contributed by atoms with E-state index in [-0.39, 0.29) is 6.61 Å². The van der Waals surface area contributed by atoms with Crippen molar-refractivity contribution in [1.82, 2.24) is 24.6 Å². The molecule has 1 aliphatic heterocycles. The van der Waals surface area contributed by atoms with E-state index in [1.165, 1.54) is 0 Å². The van der Waals surface area contributed by atoms with E-state index in [9.17, 15) is 0 Å². The van der Waals surface area contributed by atoms with Gasteiger partial charge in [-0.15, -0.1) is 10.2 Å². The molecule has 6 nitrogen and oxygen atoms in total. The molecular weight excluding hydrogens is 218 g/mol. The highest BCUT2D eigenvalue weighted by Gasteiger charge is 2.18. The molecule has 0 saturated carbocycles. The number of aliphatic hydroxyl groups is 1. The van der Waals surface area contributed by atoms with Gasteiger partial charge >= 0.3 is 0 Å². The molecule has 6 heteroatoms. The molecule has 0 atom stereocenters. The summed E-state index contributed by atoms with van der Waals surface area (Å²) < 4.78 is 2.04. The molecule has 2 heterocycles. The number of piperazine rings is 1.